The molecule has 2 aromatic rings. The highest BCUT2D eigenvalue weighted by atomic mass is 35.5. The minimum Gasteiger partial charge on any atom is -0.469 e. The predicted octanol–water partition coefficient (Wildman–Crippen LogP) is 4.28. The van der Waals surface area contributed by atoms with E-state index in [0.29, 0.717) is 5.02 Å². The van der Waals surface area contributed by atoms with E-state index in [1.165, 1.54) is 7.11 Å². The standard InChI is InChI=1S/C16H15ClO2/c1-11(16(18)19-2)13-4-3-5-14(10-13)12-6-8-15(17)9-7-12/h3-11H,1-2H3/t11-/m1/s1. The fourth-order valence-corrected chi connectivity index (χ4v) is 2.07. The van der Waals surface area contributed by atoms with Gasteiger partial charge in [0.25, 0.3) is 0 Å². The van der Waals surface area contributed by atoms with E-state index in [9.17, 15) is 4.79 Å². The number of benzene rings is 2. The van der Waals surface area contributed by atoms with Crippen LogP contribution in [0.25, 0.3) is 11.1 Å². The van der Waals surface area contributed by atoms with Gasteiger partial charge in [-0.25, -0.2) is 0 Å². The summed E-state index contributed by atoms with van der Waals surface area (Å²) >= 11 is 5.88. The van der Waals surface area contributed by atoms with E-state index >= 15 is 0 Å². The van der Waals surface area contributed by atoms with Gasteiger partial charge in [-0.2, -0.15) is 0 Å². The van der Waals surface area contributed by atoms with E-state index < -0.39 is 0 Å². The van der Waals surface area contributed by atoms with Crippen molar-refractivity contribution in [3.63, 3.8) is 0 Å². The summed E-state index contributed by atoms with van der Waals surface area (Å²) in [5.41, 5.74) is 3.08. The van der Waals surface area contributed by atoms with Gasteiger partial charge < -0.3 is 4.74 Å². The molecule has 98 valence electrons. The van der Waals surface area contributed by atoms with Gasteiger partial charge >= 0.3 is 5.97 Å². The normalized spacial score (nSPS) is 11.9. The molecule has 0 unspecified atom stereocenters. The highest BCUT2D eigenvalue weighted by Crippen LogP contribution is 2.25. The van der Waals surface area contributed by atoms with Crippen LogP contribution < -0.4 is 0 Å². The van der Waals surface area contributed by atoms with Crippen LogP contribution in [0.1, 0.15) is 18.4 Å². The van der Waals surface area contributed by atoms with Crippen LogP contribution >= 0.6 is 11.6 Å². The molecule has 0 radical (unpaired) electrons. The molecule has 0 saturated heterocycles. The van der Waals surface area contributed by atoms with Gasteiger partial charge in [-0.15, -0.1) is 0 Å². The molecule has 0 saturated carbocycles. The summed E-state index contributed by atoms with van der Waals surface area (Å²) < 4.78 is 4.77. The molecule has 1 atom stereocenters. The Morgan fingerprint density at radius 1 is 1.11 bits per heavy atom. The summed E-state index contributed by atoms with van der Waals surface area (Å²) in [7, 11) is 1.40. The van der Waals surface area contributed by atoms with Crippen LogP contribution in [0.4, 0.5) is 0 Å². The van der Waals surface area contributed by atoms with E-state index in [1.54, 1.807) is 0 Å². The monoisotopic (exact) mass is 274 g/mol. The van der Waals surface area contributed by atoms with Crippen LogP contribution in [0, 0.1) is 0 Å². The summed E-state index contributed by atoms with van der Waals surface area (Å²) in [5, 5.41) is 0.711. The third-order valence-corrected chi connectivity index (χ3v) is 3.37. The van der Waals surface area contributed by atoms with Crippen molar-refractivity contribution >= 4 is 17.6 Å². The Morgan fingerprint density at radius 3 is 2.42 bits per heavy atom. The molecule has 0 heterocycles. The predicted molar refractivity (Wildman–Crippen MR) is 77.3 cm³/mol. The minimum absolute atomic E-state index is 0.228. The van der Waals surface area contributed by atoms with Crippen molar-refractivity contribution in [2.45, 2.75) is 12.8 Å². The van der Waals surface area contributed by atoms with Gasteiger partial charge in [-0.1, -0.05) is 48.0 Å². The van der Waals surface area contributed by atoms with Gasteiger partial charge in [-0.3, -0.25) is 4.79 Å². The molecule has 0 spiro atoms. The van der Waals surface area contributed by atoms with Crippen molar-refractivity contribution < 1.29 is 9.53 Å². The molecular weight excluding hydrogens is 260 g/mol. The lowest BCUT2D eigenvalue weighted by atomic mass is 9.96. The SMILES string of the molecule is COC(=O)[C@H](C)c1cccc(-c2ccc(Cl)cc2)c1. The number of ether oxygens (including phenoxy) is 1. The van der Waals surface area contributed by atoms with E-state index in [-0.39, 0.29) is 11.9 Å². The first-order valence-electron chi connectivity index (χ1n) is 6.05. The third-order valence-electron chi connectivity index (χ3n) is 3.12. The number of rotatable bonds is 3. The topological polar surface area (TPSA) is 26.3 Å². The lowest BCUT2D eigenvalue weighted by Crippen LogP contribution is -2.10. The van der Waals surface area contributed by atoms with Gasteiger partial charge in [0, 0.05) is 5.02 Å². The number of esters is 1. The molecule has 0 amide bonds. The number of carbonyl (C=O) groups excluding carboxylic acids is 1. The number of methoxy groups -OCH3 is 1. The largest absolute Gasteiger partial charge is 0.469 e. The quantitative estimate of drug-likeness (QED) is 0.781. The van der Waals surface area contributed by atoms with Crippen LogP contribution in [0.5, 0.6) is 0 Å². The first kappa shape index (κ1) is 13.6. The molecular formula is C16H15ClO2. The Hall–Kier alpha value is -1.80. The lowest BCUT2D eigenvalue weighted by molar-refractivity contribution is -0.141. The smallest absolute Gasteiger partial charge is 0.312 e. The maximum Gasteiger partial charge on any atom is 0.312 e. The molecule has 2 nitrogen and oxygen atoms in total. The highest BCUT2D eigenvalue weighted by Gasteiger charge is 2.15. The number of hydrogen-bond donors (Lipinski definition) is 0. The summed E-state index contributed by atoms with van der Waals surface area (Å²) in [6.45, 7) is 1.84. The Bertz CT molecular complexity index is 576. The number of hydrogen-bond acceptors (Lipinski definition) is 2. The summed E-state index contributed by atoms with van der Waals surface area (Å²) in [6.07, 6.45) is 0. The van der Waals surface area contributed by atoms with Gasteiger partial charge in [0.1, 0.15) is 0 Å². The Morgan fingerprint density at radius 2 is 1.79 bits per heavy atom. The average Bonchev–Trinajstić information content (AvgIpc) is 2.46. The van der Waals surface area contributed by atoms with Gasteiger partial charge in [0.2, 0.25) is 0 Å². The summed E-state index contributed by atoms with van der Waals surface area (Å²) in [6, 6.07) is 15.5. The first-order chi connectivity index (χ1) is 9.11. The highest BCUT2D eigenvalue weighted by molar-refractivity contribution is 6.30. The molecule has 0 aliphatic rings. The molecule has 3 heteroatoms. The third kappa shape index (κ3) is 3.15. The van der Waals surface area contributed by atoms with E-state index in [1.807, 2.05) is 55.5 Å². The number of halogens is 1. The van der Waals surface area contributed by atoms with Crippen LogP contribution in [-0.4, -0.2) is 13.1 Å². The van der Waals surface area contributed by atoms with Crippen molar-refractivity contribution in [3.8, 4) is 11.1 Å². The molecule has 0 bridgehead atoms. The van der Waals surface area contributed by atoms with Gasteiger partial charge in [-0.05, 0) is 35.7 Å². The molecule has 0 aliphatic heterocycles. The fraction of sp³-hybridized carbons (Fsp3) is 0.188. The zero-order chi connectivity index (χ0) is 13.8. The second-order valence-electron chi connectivity index (χ2n) is 4.38. The Kier molecular flexibility index (Phi) is 4.23. The molecule has 0 N–H and O–H groups in total. The maximum atomic E-state index is 11.6. The molecule has 0 fully saturated rings. The van der Waals surface area contributed by atoms with Crippen molar-refractivity contribution in [1.82, 2.24) is 0 Å². The zero-order valence-corrected chi connectivity index (χ0v) is 11.6. The zero-order valence-electron chi connectivity index (χ0n) is 10.9. The van der Waals surface area contributed by atoms with Crippen LogP contribution in [-0.2, 0) is 9.53 Å². The molecule has 2 rings (SSSR count). The van der Waals surface area contributed by atoms with E-state index in [2.05, 4.69) is 0 Å². The van der Waals surface area contributed by atoms with Gasteiger partial charge in [0.05, 0.1) is 13.0 Å². The average molecular weight is 275 g/mol. The van der Waals surface area contributed by atoms with Crippen molar-refractivity contribution in [1.29, 1.82) is 0 Å². The lowest BCUT2D eigenvalue weighted by Gasteiger charge is -2.11. The second-order valence-corrected chi connectivity index (χ2v) is 4.81. The summed E-state index contributed by atoms with van der Waals surface area (Å²) in [5.74, 6) is -0.495. The summed E-state index contributed by atoms with van der Waals surface area (Å²) in [4.78, 5) is 11.6. The fourth-order valence-electron chi connectivity index (χ4n) is 1.94. The van der Waals surface area contributed by atoms with E-state index in [4.69, 9.17) is 16.3 Å². The molecule has 0 aromatic heterocycles. The molecule has 0 aliphatic carbocycles. The van der Waals surface area contributed by atoms with Crippen LogP contribution in [0.3, 0.4) is 0 Å². The molecule has 2 aromatic carbocycles. The molecule has 19 heavy (non-hydrogen) atoms. The van der Waals surface area contributed by atoms with Gasteiger partial charge in [0.15, 0.2) is 0 Å². The Balaban J connectivity index is 2.34. The van der Waals surface area contributed by atoms with Crippen molar-refractivity contribution in [2.24, 2.45) is 0 Å². The first-order valence-corrected chi connectivity index (χ1v) is 6.43. The Labute approximate surface area is 118 Å². The van der Waals surface area contributed by atoms with Crippen LogP contribution in [0.2, 0.25) is 5.02 Å². The van der Waals surface area contributed by atoms with Crippen molar-refractivity contribution in [3.05, 3.63) is 59.1 Å². The minimum atomic E-state index is -0.266. The second kappa shape index (κ2) is 5.89. The van der Waals surface area contributed by atoms with Crippen molar-refractivity contribution in [2.75, 3.05) is 7.11 Å². The van der Waals surface area contributed by atoms with Crippen LogP contribution in [0.15, 0.2) is 48.5 Å². The maximum absolute atomic E-state index is 11.6. The number of carbonyl (C=O) groups is 1. The van der Waals surface area contributed by atoms with E-state index in [0.717, 1.165) is 16.7 Å².